The Balaban J connectivity index is 1.97. The van der Waals surface area contributed by atoms with E-state index in [1.807, 2.05) is 0 Å². The van der Waals surface area contributed by atoms with Crippen LogP contribution in [0.1, 0.15) is 0 Å². The number of nitrogens with zero attached hydrogens (tertiary/aromatic N) is 4. The van der Waals surface area contributed by atoms with Gasteiger partial charge in [0.1, 0.15) is 10.3 Å². The predicted molar refractivity (Wildman–Crippen MR) is 87.5 cm³/mol. The lowest BCUT2D eigenvalue weighted by atomic mass is 10.1. The molecule has 0 saturated heterocycles. The van der Waals surface area contributed by atoms with Crippen LogP contribution >= 0.6 is 15.9 Å². The Morgan fingerprint density at radius 3 is 2.68 bits per heavy atom. The largest absolute Gasteiger partial charge is 0.411 e. The molecule has 0 unspecified atom stereocenters. The normalized spacial score (nSPS) is 10.4. The third-order valence-corrected chi connectivity index (χ3v) is 3.41. The van der Waals surface area contributed by atoms with Gasteiger partial charge in [0.05, 0.1) is 11.1 Å². The number of benzene rings is 1. The summed E-state index contributed by atoms with van der Waals surface area (Å²) in [4.78, 5) is 29.2. The Labute approximate surface area is 147 Å². The maximum absolute atomic E-state index is 11.0. The summed E-state index contributed by atoms with van der Waals surface area (Å²) in [7, 11) is 0. The zero-order valence-electron chi connectivity index (χ0n) is 12.2. The van der Waals surface area contributed by atoms with E-state index in [2.05, 4.69) is 31.1 Å². The lowest BCUT2D eigenvalue weighted by molar-refractivity contribution is -0.384. The number of non-ortho nitro benzene ring substituents is 1. The fraction of sp³-hybridized carbons (Fsp3) is 0. The highest BCUT2D eigenvalue weighted by molar-refractivity contribution is 9.10. The minimum absolute atomic E-state index is 0.0394. The van der Waals surface area contributed by atoms with Gasteiger partial charge in [0.15, 0.2) is 11.5 Å². The summed E-state index contributed by atoms with van der Waals surface area (Å²) in [5.74, 6) is 0.0421. The summed E-state index contributed by atoms with van der Waals surface area (Å²) in [5.41, 5.74) is 6.09. The number of hydrogen-bond acceptors (Lipinski definition) is 8. The number of carbonyl (C=O) groups excluding carboxylic acids is 1. The molecule has 11 heteroatoms. The molecule has 0 fully saturated rings. The SMILES string of the molecule is NC(=O)Oc1ncc(Br)nc1-c1cc(-c2ccc([N+](=O)[O-])cc2)no1. The number of halogens is 1. The van der Waals surface area contributed by atoms with Crippen LogP contribution in [0.2, 0.25) is 0 Å². The van der Waals surface area contributed by atoms with Crippen molar-refractivity contribution in [3.8, 4) is 28.6 Å². The van der Waals surface area contributed by atoms with Crippen molar-refractivity contribution in [3.05, 3.63) is 51.2 Å². The number of rotatable bonds is 4. The van der Waals surface area contributed by atoms with Crippen molar-refractivity contribution in [1.82, 2.24) is 15.1 Å². The molecular weight excluding hydrogens is 398 g/mol. The van der Waals surface area contributed by atoms with Crippen LogP contribution < -0.4 is 10.5 Å². The zero-order valence-corrected chi connectivity index (χ0v) is 13.8. The topological polar surface area (TPSA) is 147 Å². The van der Waals surface area contributed by atoms with Crippen molar-refractivity contribution in [2.45, 2.75) is 0 Å². The van der Waals surface area contributed by atoms with Gasteiger partial charge in [0.2, 0.25) is 0 Å². The second-order valence-electron chi connectivity index (χ2n) is 4.65. The Hall–Kier alpha value is -3.34. The molecule has 10 nitrogen and oxygen atoms in total. The molecule has 0 atom stereocenters. The van der Waals surface area contributed by atoms with E-state index in [4.69, 9.17) is 15.0 Å². The first-order chi connectivity index (χ1) is 11.9. The lowest BCUT2D eigenvalue weighted by Gasteiger charge is -2.03. The quantitative estimate of drug-likeness (QED) is 0.514. The molecule has 3 aromatic rings. The molecule has 2 N–H and O–H groups in total. The lowest BCUT2D eigenvalue weighted by Crippen LogP contribution is -2.17. The van der Waals surface area contributed by atoms with E-state index in [1.165, 1.54) is 36.5 Å². The second-order valence-corrected chi connectivity index (χ2v) is 5.46. The molecule has 0 saturated carbocycles. The van der Waals surface area contributed by atoms with Crippen molar-refractivity contribution in [2.24, 2.45) is 5.73 Å². The molecule has 2 heterocycles. The van der Waals surface area contributed by atoms with Gasteiger partial charge in [-0.3, -0.25) is 10.1 Å². The van der Waals surface area contributed by atoms with E-state index in [1.54, 1.807) is 0 Å². The molecular formula is C14H8BrN5O5. The van der Waals surface area contributed by atoms with Gasteiger partial charge in [0.25, 0.3) is 11.6 Å². The smallest absolute Gasteiger partial charge is 0.389 e. The predicted octanol–water partition coefficient (Wildman–Crippen LogP) is 2.93. The standard InChI is InChI=1S/C14H8BrN5O5/c15-11-6-17-13(24-14(16)21)12(18-11)10-5-9(19-25-10)7-1-3-8(4-2-7)20(22)23/h1-6H,(H2,16,21). The number of hydrogen-bond donors (Lipinski definition) is 1. The summed E-state index contributed by atoms with van der Waals surface area (Å²) < 4.78 is 10.4. The number of nitro benzene ring substituents is 1. The van der Waals surface area contributed by atoms with Crippen LogP contribution in [0.4, 0.5) is 10.5 Å². The fourth-order valence-electron chi connectivity index (χ4n) is 1.96. The van der Waals surface area contributed by atoms with Crippen LogP contribution in [0.3, 0.4) is 0 Å². The van der Waals surface area contributed by atoms with Gasteiger partial charge in [-0.25, -0.2) is 14.8 Å². The number of nitro groups is 1. The Morgan fingerprint density at radius 2 is 2.04 bits per heavy atom. The third-order valence-electron chi connectivity index (χ3n) is 3.02. The molecule has 2 aromatic heterocycles. The summed E-state index contributed by atoms with van der Waals surface area (Å²) in [6, 6.07) is 7.31. The fourth-order valence-corrected chi connectivity index (χ4v) is 2.24. The van der Waals surface area contributed by atoms with Crippen molar-refractivity contribution in [1.29, 1.82) is 0 Å². The molecule has 0 aliphatic rings. The summed E-state index contributed by atoms with van der Waals surface area (Å²) >= 11 is 3.16. The van der Waals surface area contributed by atoms with Crippen LogP contribution in [0.15, 0.2) is 45.7 Å². The molecule has 0 radical (unpaired) electrons. The van der Waals surface area contributed by atoms with E-state index in [0.717, 1.165) is 0 Å². The van der Waals surface area contributed by atoms with E-state index in [-0.39, 0.29) is 23.0 Å². The maximum atomic E-state index is 11.0. The molecule has 0 aliphatic carbocycles. The average Bonchev–Trinajstić information content (AvgIpc) is 3.06. The Bertz CT molecular complexity index is 957. The van der Waals surface area contributed by atoms with Gasteiger partial charge in [-0.1, -0.05) is 5.16 Å². The number of aromatic nitrogens is 3. The second kappa shape index (κ2) is 6.65. The molecule has 25 heavy (non-hydrogen) atoms. The average molecular weight is 406 g/mol. The maximum Gasteiger partial charge on any atom is 0.411 e. The van der Waals surface area contributed by atoms with Gasteiger partial charge in [-0.05, 0) is 28.1 Å². The van der Waals surface area contributed by atoms with Crippen molar-refractivity contribution >= 4 is 27.7 Å². The van der Waals surface area contributed by atoms with E-state index >= 15 is 0 Å². The summed E-state index contributed by atoms with van der Waals surface area (Å²) in [6.07, 6.45) is 0.281. The number of nitrogens with two attached hydrogens (primary N) is 1. The number of carbonyl (C=O) groups is 1. The first-order valence-corrected chi connectivity index (χ1v) is 7.45. The zero-order chi connectivity index (χ0) is 18.0. The molecule has 0 bridgehead atoms. The molecule has 126 valence electrons. The first kappa shape index (κ1) is 16.5. The van der Waals surface area contributed by atoms with Crippen molar-refractivity contribution < 1.29 is 19.0 Å². The molecule has 0 aliphatic heterocycles. The van der Waals surface area contributed by atoms with Crippen LogP contribution in [-0.4, -0.2) is 26.1 Å². The van der Waals surface area contributed by atoms with Gasteiger partial charge in [-0.15, -0.1) is 0 Å². The van der Waals surface area contributed by atoms with Crippen LogP contribution in [0.5, 0.6) is 5.88 Å². The van der Waals surface area contributed by atoms with E-state index in [9.17, 15) is 14.9 Å². The number of primary amides is 1. The van der Waals surface area contributed by atoms with Crippen LogP contribution in [-0.2, 0) is 0 Å². The highest BCUT2D eigenvalue weighted by Crippen LogP contribution is 2.31. The van der Waals surface area contributed by atoms with Crippen LogP contribution in [0.25, 0.3) is 22.7 Å². The third kappa shape index (κ3) is 3.61. The first-order valence-electron chi connectivity index (χ1n) is 6.66. The highest BCUT2D eigenvalue weighted by atomic mass is 79.9. The van der Waals surface area contributed by atoms with E-state index < -0.39 is 11.0 Å². The molecule has 0 spiro atoms. The number of ether oxygens (including phenoxy) is 1. The Kier molecular flexibility index (Phi) is 4.39. The van der Waals surface area contributed by atoms with Gasteiger partial charge in [0, 0.05) is 23.8 Å². The number of amides is 1. The Morgan fingerprint density at radius 1 is 1.32 bits per heavy atom. The monoisotopic (exact) mass is 405 g/mol. The van der Waals surface area contributed by atoms with E-state index in [0.29, 0.717) is 15.9 Å². The van der Waals surface area contributed by atoms with Gasteiger partial charge >= 0.3 is 6.09 Å². The molecule has 3 rings (SSSR count). The van der Waals surface area contributed by atoms with Crippen LogP contribution in [0, 0.1) is 10.1 Å². The minimum Gasteiger partial charge on any atom is -0.389 e. The summed E-state index contributed by atoms with van der Waals surface area (Å²) in [6.45, 7) is 0. The van der Waals surface area contributed by atoms with Gasteiger partial charge in [-0.2, -0.15) is 0 Å². The van der Waals surface area contributed by atoms with Crippen molar-refractivity contribution in [2.75, 3.05) is 0 Å². The summed E-state index contributed by atoms with van der Waals surface area (Å²) in [5, 5.41) is 14.6. The highest BCUT2D eigenvalue weighted by Gasteiger charge is 2.19. The minimum atomic E-state index is -1.05. The van der Waals surface area contributed by atoms with Gasteiger partial charge < -0.3 is 15.0 Å². The molecule has 1 aromatic carbocycles. The van der Waals surface area contributed by atoms with Crippen molar-refractivity contribution in [3.63, 3.8) is 0 Å². The molecule has 1 amide bonds.